The Morgan fingerprint density at radius 1 is 1.33 bits per heavy atom. The van der Waals surface area contributed by atoms with Crippen molar-refractivity contribution in [3.63, 3.8) is 0 Å². The zero-order valence-electron chi connectivity index (χ0n) is 10.6. The highest BCUT2D eigenvalue weighted by molar-refractivity contribution is 5.87. The van der Waals surface area contributed by atoms with Gasteiger partial charge in [0, 0.05) is 0 Å². The van der Waals surface area contributed by atoms with Crippen molar-refractivity contribution in [2.75, 3.05) is 13.2 Å². The van der Waals surface area contributed by atoms with Crippen molar-refractivity contribution < 1.29 is 14.3 Å². The second-order valence-electron chi connectivity index (χ2n) is 4.13. The molecule has 4 nitrogen and oxygen atoms in total. The number of carbonyl (C=O) groups is 1. The van der Waals surface area contributed by atoms with Crippen molar-refractivity contribution in [2.45, 2.75) is 19.9 Å². The van der Waals surface area contributed by atoms with Gasteiger partial charge in [0.05, 0.1) is 6.04 Å². The molecule has 1 N–H and O–H groups in total. The fourth-order valence-electron chi connectivity index (χ4n) is 1.83. The van der Waals surface area contributed by atoms with Crippen molar-refractivity contribution in [2.24, 2.45) is 0 Å². The maximum atomic E-state index is 11.5. The average Bonchev–Trinajstić information content (AvgIpc) is 2.38. The number of ether oxygens (including phenoxy) is 2. The number of benzene rings is 1. The summed E-state index contributed by atoms with van der Waals surface area (Å²) in [5.74, 6) is 1.41. The highest BCUT2D eigenvalue weighted by atomic mass is 16.6. The van der Waals surface area contributed by atoms with Crippen LogP contribution in [-0.4, -0.2) is 19.1 Å². The summed E-state index contributed by atoms with van der Waals surface area (Å²) < 4.78 is 11.0. The lowest BCUT2D eigenvalue weighted by Gasteiger charge is -2.20. The van der Waals surface area contributed by atoms with Crippen LogP contribution in [0.3, 0.4) is 0 Å². The Hall–Kier alpha value is -1.97. The highest BCUT2D eigenvalue weighted by Gasteiger charge is 2.14. The van der Waals surface area contributed by atoms with Crippen LogP contribution >= 0.6 is 0 Å². The third-order valence-electron chi connectivity index (χ3n) is 2.74. The van der Waals surface area contributed by atoms with E-state index >= 15 is 0 Å². The van der Waals surface area contributed by atoms with Crippen LogP contribution in [0.15, 0.2) is 30.4 Å². The number of carbonyl (C=O) groups excluding carboxylic acids is 1. The molecule has 0 bridgehead atoms. The maximum Gasteiger partial charge on any atom is 0.244 e. The molecule has 0 saturated carbocycles. The van der Waals surface area contributed by atoms with E-state index in [1.165, 1.54) is 6.08 Å². The fourth-order valence-corrected chi connectivity index (χ4v) is 1.83. The Labute approximate surface area is 107 Å². The van der Waals surface area contributed by atoms with E-state index in [-0.39, 0.29) is 11.9 Å². The molecule has 0 saturated heterocycles. The second-order valence-corrected chi connectivity index (χ2v) is 4.13. The van der Waals surface area contributed by atoms with E-state index in [0.717, 1.165) is 17.1 Å². The van der Waals surface area contributed by atoms with Crippen LogP contribution in [0.2, 0.25) is 0 Å². The van der Waals surface area contributed by atoms with E-state index in [2.05, 4.69) is 5.32 Å². The zero-order chi connectivity index (χ0) is 13.0. The van der Waals surface area contributed by atoms with E-state index in [1.807, 2.05) is 32.0 Å². The van der Waals surface area contributed by atoms with E-state index in [0.29, 0.717) is 13.2 Å². The van der Waals surface area contributed by atoms with Gasteiger partial charge in [0.2, 0.25) is 5.91 Å². The second kappa shape index (κ2) is 5.58. The molecule has 1 aromatic rings. The molecule has 1 amide bonds. The Kier molecular flexibility index (Phi) is 3.87. The van der Waals surface area contributed by atoms with Gasteiger partial charge in [-0.1, -0.05) is 12.1 Å². The maximum absolute atomic E-state index is 11.5. The Morgan fingerprint density at radius 3 is 2.78 bits per heavy atom. The summed E-state index contributed by atoms with van der Waals surface area (Å²) in [5.41, 5.74) is 0.997. The standard InChI is InChI=1S/C14H17NO3/c1-3-4-14(16)15-10(2)11-5-6-12-13(9-11)18-8-7-17-12/h3-6,9-10H,7-8H2,1-2H3,(H,15,16)/b4-3+/t10-/m1/s1. The summed E-state index contributed by atoms with van der Waals surface area (Å²) in [6.45, 7) is 4.90. The molecule has 0 spiro atoms. The third kappa shape index (κ3) is 2.83. The normalized spacial score (nSPS) is 15.4. The molecule has 0 aliphatic carbocycles. The minimum atomic E-state index is -0.0973. The molecular formula is C14H17NO3. The van der Waals surface area contributed by atoms with Gasteiger partial charge in [0.25, 0.3) is 0 Å². The molecule has 0 aromatic heterocycles. The summed E-state index contributed by atoms with van der Waals surface area (Å²) >= 11 is 0. The molecule has 1 aliphatic rings. The third-order valence-corrected chi connectivity index (χ3v) is 2.74. The minimum Gasteiger partial charge on any atom is -0.486 e. The molecule has 2 rings (SSSR count). The topological polar surface area (TPSA) is 47.6 Å². The molecule has 96 valence electrons. The molecule has 1 heterocycles. The number of hydrogen-bond acceptors (Lipinski definition) is 3. The summed E-state index contributed by atoms with van der Waals surface area (Å²) in [6.07, 6.45) is 3.22. The lowest BCUT2D eigenvalue weighted by Crippen LogP contribution is -2.25. The monoisotopic (exact) mass is 247 g/mol. The van der Waals surface area contributed by atoms with Gasteiger partial charge < -0.3 is 14.8 Å². The predicted octanol–water partition coefficient (Wildman–Crippen LogP) is 2.21. The van der Waals surface area contributed by atoms with Gasteiger partial charge >= 0.3 is 0 Å². The van der Waals surface area contributed by atoms with Crippen LogP contribution in [0.1, 0.15) is 25.5 Å². The molecule has 18 heavy (non-hydrogen) atoms. The SMILES string of the molecule is C/C=C/C(=O)N[C@H](C)c1ccc2c(c1)OCCO2. The van der Waals surface area contributed by atoms with Gasteiger partial charge in [-0.2, -0.15) is 0 Å². The first-order valence-corrected chi connectivity index (χ1v) is 6.03. The van der Waals surface area contributed by atoms with Gasteiger partial charge in [-0.3, -0.25) is 4.79 Å². The predicted molar refractivity (Wildman–Crippen MR) is 68.8 cm³/mol. The van der Waals surface area contributed by atoms with Gasteiger partial charge in [0.1, 0.15) is 13.2 Å². The lowest BCUT2D eigenvalue weighted by molar-refractivity contribution is -0.117. The van der Waals surface area contributed by atoms with Crippen LogP contribution in [0, 0.1) is 0 Å². The smallest absolute Gasteiger partial charge is 0.244 e. The van der Waals surface area contributed by atoms with Crippen molar-refractivity contribution in [3.8, 4) is 11.5 Å². The van der Waals surface area contributed by atoms with Crippen LogP contribution in [-0.2, 0) is 4.79 Å². The molecule has 1 atom stereocenters. The molecule has 0 radical (unpaired) electrons. The first-order chi connectivity index (χ1) is 8.70. The Balaban J connectivity index is 2.10. The zero-order valence-corrected chi connectivity index (χ0v) is 10.6. The van der Waals surface area contributed by atoms with Crippen molar-refractivity contribution >= 4 is 5.91 Å². The average molecular weight is 247 g/mol. The lowest BCUT2D eigenvalue weighted by atomic mass is 10.1. The summed E-state index contributed by atoms with van der Waals surface area (Å²) in [6, 6.07) is 5.66. The van der Waals surface area contributed by atoms with Crippen molar-refractivity contribution in [1.82, 2.24) is 5.32 Å². The molecular weight excluding hydrogens is 230 g/mol. The number of fused-ring (bicyclic) bond motifs is 1. The number of allylic oxidation sites excluding steroid dienone is 1. The molecule has 4 heteroatoms. The summed E-state index contributed by atoms with van der Waals surface area (Å²) in [4.78, 5) is 11.5. The number of nitrogens with one attached hydrogen (secondary N) is 1. The number of amides is 1. The summed E-state index contributed by atoms with van der Waals surface area (Å²) in [7, 11) is 0. The van der Waals surface area contributed by atoms with Crippen LogP contribution in [0.4, 0.5) is 0 Å². The molecule has 1 aliphatic heterocycles. The number of hydrogen-bond donors (Lipinski definition) is 1. The summed E-state index contributed by atoms with van der Waals surface area (Å²) in [5, 5.41) is 2.88. The minimum absolute atomic E-state index is 0.0653. The molecule has 0 fully saturated rings. The van der Waals surface area contributed by atoms with Crippen LogP contribution in [0.5, 0.6) is 11.5 Å². The highest BCUT2D eigenvalue weighted by Crippen LogP contribution is 2.32. The van der Waals surface area contributed by atoms with Gasteiger partial charge in [0.15, 0.2) is 11.5 Å². The van der Waals surface area contributed by atoms with Gasteiger partial charge in [-0.05, 0) is 37.6 Å². The fraction of sp³-hybridized carbons (Fsp3) is 0.357. The van der Waals surface area contributed by atoms with Crippen molar-refractivity contribution in [1.29, 1.82) is 0 Å². The van der Waals surface area contributed by atoms with E-state index in [1.54, 1.807) is 6.08 Å². The quantitative estimate of drug-likeness (QED) is 0.833. The molecule has 0 unspecified atom stereocenters. The van der Waals surface area contributed by atoms with Gasteiger partial charge in [-0.15, -0.1) is 0 Å². The van der Waals surface area contributed by atoms with E-state index in [9.17, 15) is 4.79 Å². The Bertz CT molecular complexity index is 468. The first kappa shape index (κ1) is 12.5. The Morgan fingerprint density at radius 2 is 2.06 bits per heavy atom. The van der Waals surface area contributed by atoms with E-state index in [4.69, 9.17) is 9.47 Å². The largest absolute Gasteiger partial charge is 0.486 e. The van der Waals surface area contributed by atoms with E-state index < -0.39 is 0 Å². The van der Waals surface area contributed by atoms with Gasteiger partial charge in [-0.25, -0.2) is 0 Å². The molecule has 1 aromatic carbocycles. The van der Waals surface area contributed by atoms with Crippen LogP contribution < -0.4 is 14.8 Å². The first-order valence-electron chi connectivity index (χ1n) is 6.03. The van der Waals surface area contributed by atoms with Crippen LogP contribution in [0.25, 0.3) is 0 Å². The number of rotatable bonds is 3. The van der Waals surface area contributed by atoms with Crippen molar-refractivity contribution in [3.05, 3.63) is 35.9 Å².